The van der Waals surface area contributed by atoms with Crippen LogP contribution in [0.5, 0.6) is 5.75 Å². The Hall–Kier alpha value is -1.90. The average molecular weight is 467 g/mol. The van der Waals surface area contributed by atoms with Crippen molar-refractivity contribution >= 4 is 31.9 Å². The molecule has 0 bridgehead atoms. The zero-order chi connectivity index (χ0) is 20.0. The molecule has 1 aliphatic rings. The van der Waals surface area contributed by atoms with Gasteiger partial charge in [0.2, 0.25) is 15.9 Å². The normalized spacial score (nSPS) is 17.8. The number of piperidine rings is 1. The van der Waals surface area contributed by atoms with E-state index in [4.69, 9.17) is 4.74 Å². The molecule has 28 heavy (non-hydrogen) atoms. The maximum Gasteiger partial charge on any atom is 0.243 e. The highest BCUT2D eigenvalue weighted by atomic mass is 79.9. The molecule has 0 unspecified atom stereocenters. The molecule has 6 nitrogen and oxygen atoms in total. The minimum Gasteiger partial charge on any atom is -0.492 e. The number of halogens is 1. The molecule has 8 heteroatoms. The number of hydrogen-bond acceptors (Lipinski definition) is 4. The third kappa shape index (κ3) is 5.12. The Bertz CT molecular complexity index is 888. The molecule has 150 valence electrons. The molecule has 1 aliphatic heterocycles. The van der Waals surface area contributed by atoms with Crippen LogP contribution in [0.4, 0.5) is 0 Å². The highest BCUT2D eigenvalue weighted by Gasteiger charge is 2.37. The second-order valence-corrected chi connectivity index (χ2v) is 9.34. The van der Waals surface area contributed by atoms with Crippen LogP contribution in [0.25, 0.3) is 0 Å². The van der Waals surface area contributed by atoms with Crippen LogP contribution in [0.2, 0.25) is 0 Å². The molecule has 0 spiro atoms. The van der Waals surface area contributed by atoms with E-state index in [1.165, 1.54) is 4.31 Å². The number of para-hydroxylation sites is 1. The van der Waals surface area contributed by atoms with Gasteiger partial charge in [-0.15, -0.1) is 0 Å². The summed E-state index contributed by atoms with van der Waals surface area (Å²) in [6.45, 7) is 0.981. The lowest BCUT2D eigenvalue weighted by atomic mass is 10.0. The van der Waals surface area contributed by atoms with Crippen molar-refractivity contribution in [2.75, 3.05) is 19.7 Å². The molecule has 1 heterocycles. The lowest BCUT2D eigenvalue weighted by molar-refractivity contribution is -0.125. The van der Waals surface area contributed by atoms with Crippen LogP contribution in [-0.2, 0) is 14.8 Å². The van der Waals surface area contributed by atoms with E-state index in [0.717, 1.165) is 23.1 Å². The lowest BCUT2D eigenvalue weighted by Gasteiger charge is -2.33. The van der Waals surface area contributed by atoms with Crippen LogP contribution in [0, 0.1) is 0 Å². The number of benzene rings is 2. The monoisotopic (exact) mass is 466 g/mol. The van der Waals surface area contributed by atoms with E-state index in [0.29, 0.717) is 26.1 Å². The number of ether oxygens (including phenoxy) is 1. The van der Waals surface area contributed by atoms with E-state index in [-0.39, 0.29) is 10.8 Å². The minimum absolute atomic E-state index is 0.197. The van der Waals surface area contributed by atoms with Crippen LogP contribution in [0.3, 0.4) is 0 Å². The van der Waals surface area contributed by atoms with Gasteiger partial charge in [0.1, 0.15) is 18.4 Å². The quantitative estimate of drug-likeness (QED) is 0.635. The first kappa shape index (κ1) is 20.8. The summed E-state index contributed by atoms with van der Waals surface area (Å²) in [6, 6.07) is 15.1. The Labute approximate surface area is 174 Å². The Morgan fingerprint density at radius 3 is 2.54 bits per heavy atom. The van der Waals surface area contributed by atoms with Gasteiger partial charge < -0.3 is 10.1 Å². The molecule has 0 saturated carbocycles. The molecule has 2 aromatic rings. The van der Waals surface area contributed by atoms with Crippen molar-refractivity contribution in [3.8, 4) is 5.75 Å². The number of amides is 1. The smallest absolute Gasteiger partial charge is 0.243 e. The molecule has 1 N–H and O–H groups in total. The van der Waals surface area contributed by atoms with Gasteiger partial charge in [0.05, 0.1) is 11.4 Å². The van der Waals surface area contributed by atoms with E-state index >= 15 is 0 Å². The van der Waals surface area contributed by atoms with Crippen LogP contribution in [-0.4, -0.2) is 44.4 Å². The maximum absolute atomic E-state index is 13.0. The maximum atomic E-state index is 13.0. The predicted octanol–water partition coefficient (Wildman–Crippen LogP) is 3.19. The van der Waals surface area contributed by atoms with Crippen LogP contribution in [0.1, 0.15) is 19.3 Å². The standard InChI is InChI=1S/C20H23BrN2O4S/c21-16-9-11-18(12-10-16)28(25,26)23-14-5-4-8-19(23)20(24)22-13-15-27-17-6-2-1-3-7-17/h1-3,6-7,9-12,19H,4-5,8,13-15H2,(H,22,24)/t19-/m0/s1. The SMILES string of the molecule is O=C(NCCOc1ccccc1)[C@@H]1CCCCN1S(=O)(=O)c1ccc(Br)cc1. The second kappa shape index (κ2) is 9.54. The van der Waals surface area contributed by atoms with Gasteiger partial charge in [-0.2, -0.15) is 4.31 Å². The molecular formula is C20H23BrN2O4S. The third-order valence-corrected chi connectivity index (χ3v) is 7.04. The third-order valence-electron chi connectivity index (χ3n) is 4.59. The Kier molecular flexibility index (Phi) is 7.09. The van der Waals surface area contributed by atoms with Gasteiger partial charge in [-0.25, -0.2) is 8.42 Å². The van der Waals surface area contributed by atoms with Gasteiger partial charge >= 0.3 is 0 Å². The molecule has 0 radical (unpaired) electrons. The average Bonchev–Trinajstić information content (AvgIpc) is 2.72. The summed E-state index contributed by atoms with van der Waals surface area (Å²) >= 11 is 3.31. The zero-order valence-electron chi connectivity index (χ0n) is 15.4. The van der Waals surface area contributed by atoms with Gasteiger partial charge in [0.15, 0.2) is 0 Å². The predicted molar refractivity (Wildman–Crippen MR) is 111 cm³/mol. The summed E-state index contributed by atoms with van der Waals surface area (Å²) < 4.78 is 33.8. The van der Waals surface area contributed by atoms with Crippen molar-refractivity contribution < 1.29 is 17.9 Å². The molecule has 1 saturated heterocycles. The van der Waals surface area contributed by atoms with Gasteiger partial charge in [-0.1, -0.05) is 40.5 Å². The van der Waals surface area contributed by atoms with Gasteiger partial charge in [-0.3, -0.25) is 4.79 Å². The Morgan fingerprint density at radius 2 is 1.82 bits per heavy atom. The summed E-state index contributed by atoms with van der Waals surface area (Å²) in [5, 5.41) is 2.81. The number of hydrogen-bond donors (Lipinski definition) is 1. The van der Waals surface area contributed by atoms with Gasteiger partial charge in [0, 0.05) is 11.0 Å². The van der Waals surface area contributed by atoms with Crippen molar-refractivity contribution in [2.24, 2.45) is 0 Å². The number of carbonyl (C=O) groups is 1. The van der Waals surface area contributed by atoms with Gasteiger partial charge in [0.25, 0.3) is 0 Å². The van der Waals surface area contributed by atoms with Crippen LogP contribution < -0.4 is 10.1 Å². The first-order chi connectivity index (χ1) is 13.5. The number of nitrogens with one attached hydrogen (secondary N) is 1. The topological polar surface area (TPSA) is 75.7 Å². The summed E-state index contributed by atoms with van der Waals surface area (Å²) in [7, 11) is -3.73. The minimum atomic E-state index is -3.73. The molecular weight excluding hydrogens is 444 g/mol. The van der Waals surface area contributed by atoms with Crippen molar-refractivity contribution in [1.29, 1.82) is 0 Å². The summed E-state index contributed by atoms with van der Waals surface area (Å²) in [5.74, 6) is 0.450. The molecule has 3 rings (SSSR count). The van der Waals surface area contributed by atoms with E-state index < -0.39 is 16.1 Å². The summed E-state index contributed by atoms with van der Waals surface area (Å²) in [6.07, 6.45) is 2.09. The van der Waals surface area contributed by atoms with E-state index in [2.05, 4.69) is 21.2 Å². The van der Waals surface area contributed by atoms with E-state index in [1.54, 1.807) is 24.3 Å². The molecule has 1 atom stereocenters. The van der Waals surface area contributed by atoms with E-state index in [9.17, 15) is 13.2 Å². The fourth-order valence-electron chi connectivity index (χ4n) is 3.17. The molecule has 1 fully saturated rings. The second-order valence-electron chi connectivity index (χ2n) is 6.53. The van der Waals surface area contributed by atoms with Crippen molar-refractivity contribution in [1.82, 2.24) is 9.62 Å². The molecule has 2 aromatic carbocycles. The van der Waals surface area contributed by atoms with Gasteiger partial charge in [-0.05, 0) is 49.2 Å². The fourth-order valence-corrected chi connectivity index (χ4v) is 5.10. The highest BCUT2D eigenvalue weighted by molar-refractivity contribution is 9.10. The number of carbonyl (C=O) groups excluding carboxylic acids is 1. The molecule has 1 amide bonds. The van der Waals surface area contributed by atoms with E-state index in [1.807, 2.05) is 30.3 Å². The molecule has 0 aliphatic carbocycles. The first-order valence-electron chi connectivity index (χ1n) is 9.21. The Morgan fingerprint density at radius 1 is 1.11 bits per heavy atom. The first-order valence-corrected chi connectivity index (χ1v) is 11.4. The number of sulfonamides is 1. The summed E-state index contributed by atoms with van der Waals surface area (Å²) in [4.78, 5) is 12.9. The highest BCUT2D eigenvalue weighted by Crippen LogP contribution is 2.26. The Balaban J connectivity index is 1.62. The number of nitrogens with zero attached hydrogens (tertiary/aromatic N) is 1. The fraction of sp³-hybridized carbons (Fsp3) is 0.350. The van der Waals surface area contributed by atoms with Crippen molar-refractivity contribution in [3.05, 3.63) is 59.1 Å². The van der Waals surface area contributed by atoms with Crippen molar-refractivity contribution in [3.63, 3.8) is 0 Å². The van der Waals surface area contributed by atoms with Crippen molar-refractivity contribution in [2.45, 2.75) is 30.2 Å². The van der Waals surface area contributed by atoms with Crippen LogP contribution >= 0.6 is 15.9 Å². The summed E-state index contributed by atoms with van der Waals surface area (Å²) in [5.41, 5.74) is 0. The zero-order valence-corrected chi connectivity index (χ0v) is 17.8. The van der Waals surface area contributed by atoms with Crippen LogP contribution in [0.15, 0.2) is 64.0 Å². The number of rotatable bonds is 7. The largest absolute Gasteiger partial charge is 0.492 e. The lowest BCUT2D eigenvalue weighted by Crippen LogP contribution is -2.52. The molecule has 0 aromatic heterocycles.